The van der Waals surface area contributed by atoms with Crippen LogP contribution in [0.3, 0.4) is 0 Å². The number of aliphatic hydroxyl groups excluding tert-OH is 1. The number of rotatable bonds is 6. The van der Waals surface area contributed by atoms with Crippen LogP contribution in [0.2, 0.25) is 0 Å². The number of nitrogen functional groups attached to an aromatic ring is 1. The van der Waals surface area contributed by atoms with Crippen LogP contribution >= 0.6 is 0 Å². The van der Waals surface area contributed by atoms with E-state index in [2.05, 4.69) is 11.8 Å². The number of hydrogen-bond donors (Lipinski definition) is 2. The normalized spacial score (nSPS) is 21.6. The maximum atomic E-state index is 10.1. The van der Waals surface area contributed by atoms with Gasteiger partial charge in [0, 0.05) is 31.4 Å². The molecule has 0 aromatic heterocycles. The Labute approximate surface area is 120 Å². The lowest BCUT2D eigenvalue weighted by molar-refractivity contribution is -0.0453. The van der Waals surface area contributed by atoms with Crippen LogP contribution in [0.4, 0.5) is 5.69 Å². The van der Waals surface area contributed by atoms with Crippen molar-refractivity contribution in [3.05, 3.63) is 24.3 Å². The first kappa shape index (κ1) is 15.1. The van der Waals surface area contributed by atoms with E-state index in [9.17, 15) is 5.11 Å². The molecule has 20 heavy (non-hydrogen) atoms. The van der Waals surface area contributed by atoms with Crippen LogP contribution in [0.5, 0.6) is 5.75 Å². The third kappa shape index (κ3) is 4.67. The van der Waals surface area contributed by atoms with E-state index in [1.54, 1.807) is 6.07 Å². The highest BCUT2D eigenvalue weighted by Crippen LogP contribution is 2.15. The van der Waals surface area contributed by atoms with Crippen LogP contribution in [0.15, 0.2) is 24.3 Å². The first-order chi connectivity index (χ1) is 9.67. The number of β-amino-alcohol motifs (C(OH)–C–C–N with tert-alkyl or cyclic N) is 1. The minimum atomic E-state index is -0.507. The molecule has 1 saturated heterocycles. The van der Waals surface area contributed by atoms with Crippen molar-refractivity contribution in [1.82, 2.24) is 4.90 Å². The van der Waals surface area contributed by atoms with Crippen LogP contribution in [-0.4, -0.2) is 55.1 Å². The predicted molar refractivity (Wildman–Crippen MR) is 78.8 cm³/mol. The zero-order valence-electron chi connectivity index (χ0n) is 12.0. The Balaban J connectivity index is 1.73. The molecule has 2 atom stereocenters. The minimum Gasteiger partial charge on any atom is -0.491 e. The standard InChI is InChI=1S/C15H24N2O3/c1-2-14-10-17(6-7-19-14)9-13(18)11-20-15-5-3-4-12(16)8-15/h3-5,8,13-14,18H,2,6-7,9-11,16H2,1H3. The SMILES string of the molecule is CCC1CN(CC(O)COc2cccc(N)c2)CCO1. The van der Waals surface area contributed by atoms with Crippen LogP contribution in [0.1, 0.15) is 13.3 Å². The van der Waals surface area contributed by atoms with Crippen molar-refractivity contribution >= 4 is 5.69 Å². The summed E-state index contributed by atoms with van der Waals surface area (Å²) in [6, 6.07) is 7.24. The van der Waals surface area contributed by atoms with Gasteiger partial charge in [-0.3, -0.25) is 4.90 Å². The van der Waals surface area contributed by atoms with Gasteiger partial charge in [0.05, 0.1) is 12.7 Å². The van der Waals surface area contributed by atoms with Crippen LogP contribution in [-0.2, 0) is 4.74 Å². The molecule has 1 aliphatic rings. The van der Waals surface area contributed by atoms with E-state index in [0.717, 1.165) is 26.1 Å². The first-order valence-electron chi connectivity index (χ1n) is 7.17. The van der Waals surface area contributed by atoms with E-state index in [1.165, 1.54) is 0 Å². The highest BCUT2D eigenvalue weighted by Gasteiger charge is 2.21. The predicted octanol–water partition coefficient (Wildman–Crippen LogP) is 1.12. The Morgan fingerprint density at radius 2 is 2.40 bits per heavy atom. The van der Waals surface area contributed by atoms with Crippen LogP contribution in [0, 0.1) is 0 Å². The van der Waals surface area contributed by atoms with Gasteiger partial charge in [-0.15, -0.1) is 0 Å². The molecule has 1 fully saturated rings. The van der Waals surface area contributed by atoms with Gasteiger partial charge < -0.3 is 20.3 Å². The molecule has 0 spiro atoms. The Hall–Kier alpha value is -1.30. The number of morpholine rings is 1. The fourth-order valence-electron chi connectivity index (χ4n) is 2.34. The smallest absolute Gasteiger partial charge is 0.121 e. The molecular formula is C15H24N2O3. The van der Waals surface area contributed by atoms with Gasteiger partial charge in [-0.05, 0) is 18.6 Å². The largest absolute Gasteiger partial charge is 0.491 e. The molecule has 0 amide bonds. The topological polar surface area (TPSA) is 68.0 Å². The Kier molecular flexibility index (Phi) is 5.64. The van der Waals surface area contributed by atoms with E-state index in [0.29, 0.717) is 18.0 Å². The summed E-state index contributed by atoms with van der Waals surface area (Å²) >= 11 is 0. The lowest BCUT2D eigenvalue weighted by Crippen LogP contribution is -2.46. The Morgan fingerprint density at radius 3 is 3.15 bits per heavy atom. The van der Waals surface area contributed by atoms with Crippen LogP contribution < -0.4 is 10.5 Å². The lowest BCUT2D eigenvalue weighted by Gasteiger charge is -2.33. The molecule has 1 aromatic carbocycles. The summed E-state index contributed by atoms with van der Waals surface area (Å²) in [5.74, 6) is 0.692. The fraction of sp³-hybridized carbons (Fsp3) is 0.600. The van der Waals surface area contributed by atoms with Crippen molar-refractivity contribution in [2.24, 2.45) is 0 Å². The molecule has 3 N–H and O–H groups in total. The molecule has 112 valence electrons. The second-order valence-electron chi connectivity index (χ2n) is 5.20. The summed E-state index contributed by atoms with van der Waals surface area (Å²) in [5, 5.41) is 10.1. The third-order valence-electron chi connectivity index (χ3n) is 3.45. The van der Waals surface area contributed by atoms with Gasteiger partial charge in [0.25, 0.3) is 0 Å². The minimum absolute atomic E-state index is 0.275. The molecule has 0 saturated carbocycles. The second-order valence-corrected chi connectivity index (χ2v) is 5.20. The van der Waals surface area contributed by atoms with Gasteiger partial charge in [0.2, 0.25) is 0 Å². The zero-order chi connectivity index (χ0) is 14.4. The van der Waals surface area contributed by atoms with Gasteiger partial charge in [-0.2, -0.15) is 0 Å². The van der Waals surface area contributed by atoms with Gasteiger partial charge in [-0.1, -0.05) is 13.0 Å². The molecule has 0 radical (unpaired) electrons. The number of nitrogens with two attached hydrogens (primary N) is 1. The highest BCUT2D eigenvalue weighted by molar-refractivity contribution is 5.43. The molecule has 2 unspecified atom stereocenters. The molecule has 2 rings (SSSR count). The monoisotopic (exact) mass is 280 g/mol. The summed E-state index contributed by atoms with van der Waals surface area (Å²) in [5.41, 5.74) is 6.34. The number of hydrogen-bond acceptors (Lipinski definition) is 5. The number of benzene rings is 1. The number of aliphatic hydroxyl groups is 1. The fourth-order valence-corrected chi connectivity index (χ4v) is 2.34. The van der Waals surface area contributed by atoms with Gasteiger partial charge in [0.15, 0.2) is 0 Å². The third-order valence-corrected chi connectivity index (χ3v) is 3.45. The lowest BCUT2D eigenvalue weighted by atomic mass is 10.2. The molecule has 0 bridgehead atoms. The average Bonchev–Trinajstić information content (AvgIpc) is 2.45. The second kappa shape index (κ2) is 7.47. The average molecular weight is 280 g/mol. The zero-order valence-corrected chi connectivity index (χ0v) is 12.0. The van der Waals surface area contributed by atoms with Crippen LogP contribution in [0.25, 0.3) is 0 Å². The maximum Gasteiger partial charge on any atom is 0.121 e. The van der Waals surface area contributed by atoms with Crippen molar-refractivity contribution < 1.29 is 14.6 Å². The maximum absolute atomic E-state index is 10.1. The Bertz CT molecular complexity index is 414. The van der Waals surface area contributed by atoms with Crippen molar-refractivity contribution in [2.45, 2.75) is 25.6 Å². The summed E-state index contributed by atoms with van der Waals surface area (Å²) < 4.78 is 11.2. The van der Waals surface area contributed by atoms with Crippen molar-refractivity contribution in [3.8, 4) is 5.75 Å². The molecule has 0 aliphatic carbocycles. The molecular weight excluding hydrogens is 256 g/mol. The first-order valence-corrected chi connectivity index (χ1v) is 7.17. The quantitative estimate of drug-likeness (QED) is 0.764. The van der Waals surface area contributed by atoms with Gasteiger partial charge in [-0.25, -0.2) is 0 Å². The number of anilines is 1. The van der Waals surface area contributed by atoms with E-state index >= 15 is 0 Å². The van der Waals surface area contributed by atoms with E-state index < -0.39 is 6.10 Å². The van der Waals surface area contributed by atoms with Gasteiger partial charge >= 0.3 is 0 Å². The van der Waals surface area contributed by atoms with E-state index in [-0.39, 0.29) is 12.7 Å². The molecule has 5 heteroatoms. The van der Waals surface area contributed by atoms with Crippen molar-refractivity contribution in [2.75, 3.05) is 38.6 Å². The number of ether oxygens (including phenoxy) is 2. The molecule has 1 heterocycles. The van der Waals surface area contributed by atoms with Crippen molar-refractivity contribution in [3.63, 3.8) is 0 Å². The highest BCUT2D eigenvalue weighted by atomic mass is 16.5. The van der Waals surface area contributed by atoms with Gasteiger partial charge in [0.1, 0.15) is 18.5 Å². The molecule has 1 aromatic rings. The van der Waals surface area contributed by atoms with E-state index in [4.69, 9.17) is 15.2 Å². The summed E-state index contributed by atoms with van der Waals surface area (Å²) in [6.45, 7) is 5.49. The summed E-state index contributed by atoms with van der Waals surface area (Å²) in [7, 11) is 0. The Morgan fingerprint density at radius 1 is 1.55 bits per heavy atom. The summed E-state index contributed by atoms with van der Waals surface area (Å²) in [4.78, 5) is 2.23. The molecule has 1 aliphatic heterocycles. The summed E-state index contributed by atoms with van der Waals surface area (Å²) in [6.07, 6.45) is 0.782. The number of nitrogens with zero attached hydrogens (tertiary/aromatic N) is 1. The van der Waals surface area contributed by atoms with Crippen molar-refractivity contribution in [1.29, 1.82) is 0 Å². The molecule has 5 nitrogen and oxygen atoms in total. The van der Waals surface area contributed by atoms with E-state index in [1.807, 2.05) is 18.2 Å².